The van der Waals surface area contributed by atoms with Gasteiger partial charge >= 0.3 is 6.18 Å². The number of nitrogens with zero attached hydrogens (tertiary/aromatic N) is 5. The molecule has 0 radical (unpaired) electrons. The lowest BCUT2D eigenvalue weighted by Gasteiger charge is -2.20. The molecule has 1 amide bonds. The molecular formula is C27H26F3N7O2. The number of carbonyl (C=O) groups excluding carboxylic acids is 1. The smallest absolute Gasteiger partial charge is 0.383 e. The van der Waals surface area contributed by atoms with Crippen LogP contribution in [-0.4, -0.2) is 45.9 Å². The van der Waals surface area contributed by atoms with Crippen molar-refractivity contribution >= 4 is 28.9 Å². The second-order valence-corrected chi connectivity index (χ2v) is 9.07. The Morgan fingerprint density at radius 3 is 2.67 bits per heavy atom. The van der Waals surface area contributed by atoms with Gasteiger partial charge in [-0.1, -0.05) is 12.1 Å². The predicted molar refractivity (Wildman–Crippen MR) is 140 cm³/mol. The molecule has 0 spiro atoms. The molecule has 2 aromatic carbocycles. The van der Waals surface area contributed by atoms with Gasteiger partial charge in [0.1, 0.15) is 0 Å². The van der Waals surface area contributed by atoms with Crippen molar-refractivity contribution < 1.29 is 22.7 Å². The first kappa shape index (κ1) is 26.2. The molecule has 12 heteroatoms. The van der Waals surface area contributed by atoms with Crippen LogP contribution in [0.15, 0.2) is 67.3 Å². The van der Waals surface area contributed by atoms with Gasteiger partial charge in [-0.05, 0) is 42.3 Å². The largest absolute Gasteiger partial charge is 0.416 e. The topological polar surface area (TPSA) is 97.2 Å². The molecule has 0 saturated carbocycles. The Bertz CT molecular complexity index is 1450. The molecule has 1 aliphatic rings. The molecule has 0 saturated heterocycles. The minimum atomic E-state index is -4.49. The van der Waals surface area contributed by atoms with E-state index >= 15 is 0 Å². The molecule has 0 atom stereocenters. The monoisotopic (exact) mass is 537 g/mol. The van der Waals surface area contributed by atoms with Crippen LogP contribution in [0.3, 0.4) is 0 Å². The van der Waals surface area contributed by atoms with Crippen LogP contribution in [0.4, 0.5) is 36.2 Å². The van der Waals surface area contributed by atoms with Gasteiger partial charge in [-0.25, -0.2) is 9.97 Å². The molecule has 3 heterocycles. The quantitative estimate of drug-likeness (QED) is 0.314. The number of nitrogens with one attached hydrogen (secondary N) is 2. The molecule has 39 heavy (non-hydrogen) atoms. The summed E-state index contributed by atoms with van der Waals surface area (Å²) in [5.41, 5.74) is 3.28. The number of fused-ring (bicyclic) bond motifs is 1. The fourth-order valence-electron chi connectivity index (χ4n) is 4.31. The van der Waals surface area contributed by atoms with Crippen molar-refractivity contribution in [2.75, 3.05) is 35.8 Å². The van der Waals surface area contributed by atoms with E-state index in [-0.39, 0.29) is 5.69 Å². The van der Waals surface area contributed by atoms with E-state index in [1.54, 1.807) is 42.5 Å². The van der Waals surface area contributed by atoms with Crippen molar-refractivity contribution in [2.45, 2.75) is 25.7 Å². The van der Waals surface area contributed by atoms with Crippen LogP contribution in [0.5, 0.6) is 0 Å². The van der Waals surface area contributed by atoms with Crippen molar-refractivity contribution in [3.63, 3.8) is 0 Å². The molecule has 0 aliphatic carbocycles. The fraction of sp³-hybridized carbons (Fsp3) is 0.259. The lowest BCUT2D eigenvalue weighted by Crippen LogP contribution is -2.20. The normalized spacial score (nSPS) is 12.9. The number of halogens is 3. The van der Waals surface area contributed by atoms with Crippen LogP contribution in [-0.2, 0) is 30.4 Å². The Balaban J connectivity index is 1.23. The van der Waals surface area contributed by atoms with Crippen LogP contribution in [0, 0.1) is 0 Å². The van der Waals surface area contributed by atoms with E-state index in [1.807, 2.05) is 12.3 Å². The summed E-state index contributed by atoms with van der Waals surface area (Å²) in [5.74, 6) is -0.0336. The van der Waals surface area contributed by atoms with Gasteiger partial charge < -0.3 is 20.3 Å². The third-order valence-electron chi connectivity index (χ3n) is 6.28. The Hall–Kier alpha value is -4.45. The summed E-state index contributed by atoms with van der Waals surface area (Å²) in [6.45, 7) is 2.51. The molecule has 0 bridgehead atoms. The third kappa shape index (κ3) is 6.34. The maximum Gasteiger partial charge on any atom is 0.416 e. The Labute approximate surface area is 222 Å². The number of aromatic nitrogens is 4. The third-order valence-corrected chi connectivity index (χ3v) is 6.28. The van der Waals surface area contributed by atoms with E-state index in [9.17, 15) is 18.0 Å². The zero-order chi connectivity index (χ0) is 27.4. The van der Waals surface area contributed by atoms with E-state index in [1.165, 1.54) is 12.1 Å². The lowest BCUT2D eigenvalue weighted by molar-refractivity contribution is -0.137. The summed E-state index contributed by atoms with van der Waals surface area (Å²) in [5, 5.41) is 9.94. The van der Waals surface area contributed by atoms with Crippen molar-refractivity contribution in [3.8, 4) is 0 Å². The maximum atomic E-state index is 13.0. The van der Waals surface area contributed by atoms with Crippen LogP contribution >= 0.6 is 0 Å². The number of alkyl halides is 3. The average molecular weight is 538 g/mol. The molecule has 0 unspecified atom stereocenters. The molecule has 2 aromatic heterocycles. The molecular weight excluding hydrogens is 511 g/mol. The summed E-state index contributed by atoms with van der Waals surface area (Å²) in [4.78, 5) is 23.8. The van der Waals surface area contributed by atoms with Crippen LogP contribution < -0.4 is 15.5 Å². The van der Waals surface area contributed by atoms with Gasteiger partial charge in [0.25, 0.3) is 5.91 Å². The van der Waals surface area contributed by atoms with E-state index in [0.29, 0.717) is 31.2 Å². The molecule has 2 N–H and O–H groups in total. The number of benzene rings is 2. The standard InChI is InChI=1S/C27H26F3N7O2/c1-39-10-9-37-17-23(15-33-37)35-26-31-13-18(14-32-26)16-36-8-7-19-5-6-20(11-24(19)36)25(38)34-22-4-2-3-21(12-22)27(28,29)30/h2-6,11-15,17H,7-10,16H2,1H3,(H,34,38)(H,31,32,35). The summed E-state index contributed by atoms with van der Waals surface area (Å²) < 4.78 is 45.9. The first-order valence-electron chi connectivity index (χ1n) is 12.2. The molecule has 9 nitrogen and oxygen atoms in total. The molecule has 1 aliphatic heterocycles. The minimum Gasteiger partial charge on any atom is -0.383 e. The summed E-state index contributed by atoms with van der Waals surface area (Å²) >= 11 is 0. The highest BCUT2D eigenvalue weighted by Crippen LogP contribution is 2.32. The second-order valence-electron chi connectivity index (χ2n) is 9.07. The first-order chi connectivity index (χ1) is 18.8. The lowest BCUT2D eigenvalue weighted by atomic mass is 10.1. The predicted octanol–water partition coefficient (Wildman–Crippen LogP) is 4.90. The van der Waals surface area contributed by atoms with Gasteiger partial charge in [-0.15, -0.1) is 0 Å². The number of hydrogen-bond acceptors (Lipinski definition) is 7. The van der Waals surface area contributed by atoms with Crippen molar-refractivity contribution in [3.05, 3.63) is 89.5 Å². The first-order valence-corrected chi connectivity index (χ1v) is 12.2. The van der Waals surface area contributed by atoms with Crippen LogP contribution in [0.1, 0.15) is 27.0 Å². The number of rotatable bonds is 9. The molecule has 0 fully saturated rings. The number of ether oxygens (including phenoxy) is 1. The second kappa shape index (κ2) is 11.1. The number of amides is 1. The molecule has 5 rings (SSSR count). The summed E-state index contributed by atoms with van der Waals surface area (Å²) in [6.07, 6.45) is 3.35. The number of hydrogen-bond donors (Lipinski definition) is 2. The Morgan fingerprint density at radius 1 is 1.08 bits per heavy atom. The number of methoxy groups -OCH3 is 1. The van der Waals surface area contributed by atoms with Crippen LogP contribution in [0.25, 0.3) is 0 Å². The minimum absolute atomic E-state index is 0.0837. The van der Waals surface area contributed by atoms with Gasteiger partial charge in [0.05, 0.1) is 30.6 Å². The average Bonchev–Trinajstić information content (AvgIpc) is 3.54. The SMILES string of the molecule is COCCn1cc(Nc2ncc(CN3CCc4ccc(C(=O)Nc5cccc(C(F)(F)F)c5)cc43)cn2)cn1. The van der Waals surface area contributed by atoms with E-state index in [0.717, 1.165) is 47.6 Å². The summed E-state index contributed by atoms with van der Waals surface area (Å²) in [6, 6.07) is 9.92. The van der Waals surface area contributed by atoms with Gasteiger partial charge in [0.15, 0.2) is 0 Å². The highest BCUT2D eigenvalue weighted by molar-refractivity contribution is 6.05. The van der Waals surface area contributed by atoms with Gasteiger partial charge in [0.2, 0.25) is 5.95 Å². The van der Waals surface area contributed by atoms with E-state index in [2.05, 4.69) is 30.6 Å². The zero-order valence-electron chi connectivity index (χ0n) is 21.1. The summed E-state index contributed by atoms with van der Waals surface area (Å²) in [7, 11) is 1.64. The van der Waals surface area contributed by atoms with E-state index < -0.39 is 17.6 Å². The zero-order valence-corrected chi connectivity index (χ0v) is 21.1. The van der Waals surface area contributed by atoms with Crippen molar-refractivity contribution in [1.29, 1.82) is 0 Å². The fourth-order valence-corrected chi connectivity index (χ4v) is 4.31. The van der Waals surface area contributed by atoms with Crippen molar-refractivity contribution in [1.82, 2.24) is 19.7 Å². The molecule has 4 aromatic rings. The highest BCUT2D eigenvalue weighted by atomic mass is 19.4. The Morgan fingerprint density at radius 2 is 1.90 bits per heavy atom. The highest BCUT2D eigenvalue weighted by Gasteiger charge is 2.30. The van der Waals surface area contributed by atoms with E-state index in [4.69, 9.17) is 4.74 Å². The van der Waals surface area contributed by atoms with Crippen molar-refractivity contribution in [2.24, 2.45) is 0 Å². The number of carbonyl (C=O) groups is 1. The van der Waals surface area contributed by atoms with Crippen LogP contribution in [0.2, 0.25) is 0 Å². The maximum absolute atomic E-state index is 13.0. The van der Waals surface area contributed by atoms with Gasteiger partial charge in [-0.3, -0.25) is 9.48 Å². The van der Waals surface area contributed by atoms with Gasteiger partial charge in [0, 0.05) is 61.3 Å². The Kier molecular flexibility index (Phi) is 7.46. The number of anilines is 4. The molecule has 202 valence electrons. The van der Waals surface area contributed by atoms with Gasteiger partial charge in [-0.2, -0.15) is 18.3 Å².